The van der Waals surface area contributed by atoms with Crippen molar-refractivity contribution in [3.05, 3.63) is 215 Å². The Morgan fingerprint density at radius 3 is 1.08 bits per heavy atom. The summed E-state index contributed by atoms with van der Waals surface area (Å²) in [5, 5.41) is 24.2. The van der Waals surface area contributed by atoms with Crippen molar-refractivity contribution in [3.8, 4) is 0 Å². The fraction of sp³-hybridized carbons (Fsp3) is 0.409. The molecular weight excluding hydrogens is 1100 g/mol. The molecule has 0 amide bonds. The summed E-state index contributed by atoms with van der Waals surface area (Å²) >= 11 is 0. The number of carbonyl (C=O) groups is 3. The monoisotopic (exact) mass is 1170 g/mol. The lowest BCUT2D eigenvalue weighted by Gasteiger charge is -2.49. The molecule has 452 valence electrons. The van der Waals surface area contributed by atoms with E-state index < -0.39 is 117 Å². The number of hydrogen-bond donors (Lipinski definition) is 2. The Bertz CT molecular complexity index is 2910. The van der Waals surface area contributed by atoms with Gasteiger partial charge in [0.15, 0.2) is 37.2 Å². The molecule has 6 aromatic carbocycles. The van der Waals surface area contributed by atoms with Gasteiger partial charge < -0.3 is 76.5 Å². The Morgan fingerprint density at radius 1 is 0.341 bits per heavy atom. The molecule has 0 aromatic heterocycles. The van der Waals surface area contributed by atoms with Gasteiger partial charge in [-0.3, -0.25) is 14.4 Å². The fourth-order valence-electron chi connectivity index (χ4n) is 10.3. The molecule has 6 aromatic rings. The molecule has 3 fully saturated rings. The first-order chi connectivity index (χ1) is 41.4. The van der Waals surface area contributed by atoms with Gasteiger partial charge in [-0.05, 0) is 33.4 Å². The van der Waals surface area contributed by atoms with Crippen LogP contribution in [0.3, 0.4) is 0 Å². The van der Waals surface area contributed by atoms with E-state index in [1.807, 2.05) is 182 Å². The van der Waals surface area contributed by atoms with E-state index in [-0.39, 0.29) is 52.9 Å². The Kier molecular flexibility index (Phi) is 23.7. The molecule has 0 aliphatic carbocycles. The molecule has 3 aliphatic heterocycles. The average Bonchev–Trinajstić information content (AvgIpc) is 2.12. The van der Waals surface area contributed by atoms with E-state index in [9.17, 15) is 24.6 Å². The minimum atomic E-state index is -1.76. The van der Waals surface area contributed by atoms with Gasteiger partial charge in [0.05, 0.1) is 59.5 Å². The topological polar surface area (TPSA) is 221 Å². The van der Waals surface area contributed by atoms with Crippen LogP contribution in [0.15, 0.2) is 182 Å². The number of rotatable bonds is 28. The van der Waals surface area contributed by atoms with Gasteiger partial charge in [0.2, 0.25) is 0 Å². The number of ether oxygens (including phenoxy) is 14. The van der Waals surface area contributed by atoms with Crippen LogP contribution in [0.25, 0.3) is 0 Å². The zero-order chi connectivity index (χ0) is 59.3. The highest BCUT2D eigenvalue weighted by Crippen LogP contribution is 2.37. The summed E-state index contributed by atoms with van der Waals surface area (Å²) in [4.78, 5) is 39.4. The van der Waals surface area contributed by atoms with Gasteiger partial charge in [0.1, 0.15) is 54.9 Å². The summed E-state index contributed by atoms with van der Waals surface area (Å²) < 4.78 is 90.3. The van der Waals surface area contributed by atoms with Gasteiger partial charge in [0.25, 0.3) is 0 Å². The zero-order valence-corrected chi connectivity index (χ0v) is 47.7. The van der Waals surface area contributed by atoms with Crippen molar-refractivity contribution in [2.75, 3.05) is 19.8 Å². The summed E-state index contributed by atoms with van der Waals surface area (Å²) in [7, 11) is 0. The number of esters is 3. The van der Waals surface area contributed by atoms with Crippen LogP contribution >= 0.6 is 0 Å². The van der Waals surface area contributed by atoms with Gasteiger partial charge in [0, 0.05) is 20.8 Å². The van der Waals surface area contributed by atoms with E-state index in [1.165, 1.54) is 6.92 Å². The van der Waals surface area contributed by atoms with Gasteiger partial charge >= 0.3 is 17.9 Å². The lowest BCUT2D eigenvalue weighted by molar-refractivity contribution is -0.371. The van der Waals surface area contributed by atoms with Crippen LogP contribution in [0.5, 0.6) is 0 Å². The quantitative estimate of drug-likeness (QED) is 0.0359. The smallest absolute Gasteiger partial charge is 0.303 e. The van der Waals surface area contributed by atoms with Gasteiger partial charge in [-0.25, -0.2) is 0 Å². The maximum atomic E-state index is 13.2. The third-order valence-corrected chi connectivity index (χ3v) is 14.4. The molecule has 19 heteroatoms. The number of hydrogen-bond acceptors (Lipinski definition) is 19. The van der Waals surface area contributed by atoms with Crippen molar-refractivity contribution in [1.29, 1.82) is 0 Å². The fourth-order valence-corrected chi connectivity index (χ4v) is 10.3. The first kappa shape index (κ1) is 62.7. The molecule has 2 N–H and O–H groups in total. The van der Waals surface area contributed by atoms with Crippen LogP contribution in [0, 0.1) is 0 Å². The van der Waals surface area contributed by atoms with Crippen molar-refractivity contribution in [2.24, 2.45) is 0 Å². The molecule has 0 bridgehead atoms. The standard InChI is InChI=1S/C66H74O19/c1-43(67)79-58-55(70)52(42-78-65-63(81-45(3)69)59(75-37-49-28-16-7-17-29-49)56(74-36-48-26-14-6-15-27-48)53(84-65)40-72-34-46-22-10-4-11-23-46)83-66(62(58)80-44(2)68)85-57-54(41-73-35-47-24-12-5-13-25-47)82-64(71)61(77-39-51-32-20-9-21-33-51)60(57)76-38-50-30-18-8-19-31-50/h4-33,52-66,70-71H,34-42H2,1-3H3/t52-,53-,54-,55+,56+,57-,58+,59+,60+,61-,62-,63-,64-,65-,66+/m1/s1. The molecule has 85 heavy (non-hydrogen) atoms. The molecule has 0 saturated carbocycles. The highest BCUT2D eigenvalue weighted by molar-refractivity contribution is 5.67. The van der Waals surface area contributed by atoms with Crippen LogP contribution < -0.4 is 0 Å². The van der Waals surface area contributed by atoms with Crippen molar-refractivity contribution in [2.45, 2.75) is 153 Å². The predicted octanol–water partition coefficient (Wildman–Crippen LogP) is 7.49. The SMILES string of the molecule is CC(=O)O[C@H]1[C@H](OC[C@H]2O[C@@H](O[C@H]3[C@H](OCc4ccccc4)[C@@H](OCc4ccccc4)[C@H](O)O[C@@H]3COCc3ccccc3)[C@H](OC(C)=O)[C@@H](OC(C)=O)[C@H]2O)O[C@H](COCc2ccccc2)[C@H](OCc2ccccc2)[C@@H]1OCc1ccccc1. The highest BCUT2D eigenvalue weighted by Gasteiger charge is 2.56. The molecule has 3 saturated heterocycles. The summed E-state index contributed by atoms with van der Waals surface area (Å²) in [6, 6.07) is 56.7. The van der Waals surface area contributed by atoms with Crippen LogP contribution in [0.1, 0.15) is 54.2 Å². The van der Waals surface area contributed by atoms with Gasteiger partial charge in [-0.2, -0.15) is 0 Å². The highest BCUT2D eigenvalue weighted by atomic mass is 16.8. The third-order valence-electron chi connectivity index (χ3n) is 14.4. The average molecular weight is 1170 g/mol. The number of benzene rings is 6. The maximum Gasteiger partial charge on any atom is 0.303 e. The van der Waals surface area contributed by atoms with Crippen molar-refractivity contribution < 1.29 is 90.9 Å². The summed E-state index contributed by atoms with van der Waals surface area (Å²) in [5.74, 6) is -2.35. The Labute approximate surface area is 494 Å². The molecule has 0 radical (unpaired) electrons. The summed E-state index contributed by atoms with van der Waals surface area (Å²) in [6.45, 7) is 3.38. The molecule has 15 atom stereocenters. The van der Waals surface area contributed by atoms with Crippen LogP contribution in [-0.4, -0.2) is 140 Å². The number of aliphatic hydroxyl groups is 2. The summed E-state index contributed by atoms with van der Waals surface area (Å²) in [5.41, 5.74) is 5.02. The van der Waals surface area contributed by atoms with E-state index in [0.717, 1.165) is 47.2 Å². The van der Waals surface area contributed by atoms with Crippen molar-refractivity contribution >= 4 is 17.9 Å². The van der Waals surface area contributed by atoms with E-state index >= 15 is 0 Å². The molecule has 9 rings (SSSR count). The van der Waals surface area contributed by atoms with Crippen LogP contribution in [-0.2, 0) is 120 Å². The van der Waals surface area contributed by atoms with E-state index in [0.29, 0.717) is 0 Å². The molecule has 0 unspecified atom stereocenters. The Balaban J connectivity index is 1.05. The third kappa shape index (κ3) is 18.4. The minimum Gasteiger partial charge on any atom is -0.455 e. The molecular formula is C66H74O19. The van der Waals surface area contributed by atoms with Gasteiger partial charge in [-0.15, -0.1) is 0 Å². The van der Waals surface area contributed by atoms with Crippen LogP contribution in [0.4, 0.5) is 0 Å². The maximum absolute atomic E-state index is 13.2. The van der Waals surface area contributed by atoms with E-state index in [1.54, 1.807) is 0 Å². The normalized spacial score (nSPS) is 27.6. The number of aliphatic hydroxyl groups excluding tert-OH is 2. The second-order valence-corrected chi connectivity index (χ2v) is 20.8. The van der Waals surface area contributed by atoms with Crippen molar-refractivity contribution in [1.82, 2.24) is 0 Å². The molecule has 3 aliphatic rings. The molecule has 0 spiro atoms. The number of carbonyl (C=O) groups excluding carboxylic acids is 3. The second kappa shape index (κ2) is 32.1. The second-order valence-electron chi connectivity index (χ2n) is 20.8. The molecule has 3 heterocycles. The molecule has 19 nitrogen and oxygen atoms in total. The predicted molar refractivity (Wildman–Crippen MR) is 304 cm³/mol. The lowest BCUT2D eigenvalue weighted by Crippen LogP contribution is -2.66. The summed E-state index contributed by atoms with van der Waals surface area (Å²) in [6.07, 6.45) is -20.2. The van der Waals surface area contributed by atoms with E-state index in [4.69, 9.17) is 66.3 Å². The minimum absolute atomic E-state index is 0.0163. The first-order valence-electron chi connectivity index (χ1n) is 28.4. The van der Waals surface area contributed by atoms with Crippen molar-refractivity contribution in [3.63, 3.8) is 0 Å². The zero-order valence-electron chi connectivity index (χ0n) is 47.7. The first-order valence-corrected chi connectivity index (χ1v) is 28.4. The van der Waals surface area contributed by atoms with Crippen LogP contribution in [0.2, 0.25) is 0 Å². The van der Waals surface area contributed by atoms with E-state index in [2.05, 4.69) is 0 Å². The van der Waals surface area contributed by atoms with Gasteiger partial charge in [-0.1, -0.05) is 182 Å². The largest absolute Gasteiger partial charge is 0.455 e. The Morgan fingerprint density at radius 2 is 0.671 bits per heavy atom. The lowest BCUT2D eigenvalue weighted by atomic mass is 9.96. The Hall–Kier alpha value is -6.79.